The minimum absolute atomic E-state index is 0.364. The van der Waals surface area contributed by atoms with Crippen LogP contribution in [0.15, 0.2) is 28.7 Å². The molecule has 1 heterocycles. The number of hydrogen-bond acceptors (Lipinski definition) is 1. The molecule has 62 valence electrons. The second kappa shape index (κ2) is 3.15. The summed E-state index contributed by atoms with van der Waals surface area (Å²) < 4.78 is 14.4. The number of benzene rings is 1. The molecule has 0 saturated carbocycles. The number of thiophene rings is 1. The highest BCUT2D eigenvalue weighted by atomic mass is 79.9. The normalized spacial score (nSPS) is 10.8. The monoisotopic (exact) mass is 244 g/mol. The summed E-state index contributed by atoms with van der Waals surface area (Å²) >= 11 is 4.88. The first-order chi connectivity index (χ1) is 5.79. The van der Waals surface area contributed by atoms with E-state index in [-0.39, 0.29) is 6.67 Å². The average molecular weight is 245 g/mol. The van der Waals surface area contributed by atoms with Gasteiger partial charge in [-0.05, 0) is 29.7 Å². The molecule has 0 bridgehead atoms. The van der Waals surface area contributed by atoms with Crippen LogP contribution in [0, 0.1) is 0 Å². The van der Waals surface area contributed by atoms with Gasteiger partial charge in [-0.1, -0.05) is 15.9 Å². The van der Waals surface area contributed by atoms with E-state index in [0.717, 1.165) is 19.4 Å². The molecular formula is C9H6BrFS. The average Bonchev–Trinajstić information content (AvgIpc) is 2.46. The quantitative estimate of drug-likeness (QED) is 0.708. The molecule has 0 N–H and O–H groups in total. The van der Waals surface area contributed by atoms with Crippen molar-refractivity contribution in [1.29, 1.82) is 0 Å². The topological polar surface area (TPSA) is 0 Å². The lowest BCUT2D eigenvalue weighted by molar-refractivity contribution is 0.491. The van der Waals surface area contributed by atoms with E-state index in [2.05, 4.69) is 15.9 Å². The van der Waals surface area contributed by atoms with Crippen molar-refractivity contribution in [3.05, 3.63) is 33.6 Å². The number of halogens is 2. The Bertz CT molecular complexity index is 408. The molecule has 12 heavy (non-hydrogen) atoms. The van der Waals surface area contributed by atoms with Crippen LogP contribution in [-0.4, -0.2) is 0 Å². The smallest absolute Gasteiger partial charge is 0.124 e. The van der Waals surface area contributed by atoms with Crippen LogP contribution in [0.25, 0.3) is 10.1 Å². The van der Waals surface area contributed by atoms with Gasteiger partial charge in [0, 0.05) is 14.0 Å². The second-order valence-electron chi connectivity index (χ2n) is 2.53. The van der Waals surface area contributed by atoms with Gasteiger partial charge in [0.25, 0.3) is 0 Å². The molecule has 0 nitrogen and oxygen atoms in total. The Labute approximate surface area is 82.2 Å². The molecule has 0 atom stereocenters. The largest absolute Gasteiger partial charge is 0.245 e. The summed E-state index contributed by atoms with van der Waals surface area (Å²) in [5.74, 6) is 0. The van der Waals surface area contributed by atoms with Crippen LogP contribution in [0.4, 0.5) is 4.39 Å². The van der Waals surface area contributed by atoms with Crippen LogP contribution in [0.3, 0.4) is 0 Å². The van der Waals surface area contributed by atoms with Crippen molar-refractivity contribution in [2.24, 2.45) is 0 Å². The summed E-state index contributed by atoms with van der Waals surface area (Å²) in [5.41, 5.74) is 0. The predicted octanol–water partition coefficient (Wildman–Crippen LogP) is 4.13. The van der Waals surface area contributed by atoms with Crippen molar-refractivity contribution in [2.45, 2.75) is 6.67 Å². The Hall–Kier alpha value is -0.410. The van der Waals surface area contributed by atoms with Gasteiger partial charge in [0.2, 0.25) is 0 Å². The number of rotatable bonds is 1. The molecule has 2 aromatic rings. The lowest BCUT2D eigenvalue weighted by Gasteiger charge is -1.88. The fraction of sp³-hybridized carbons (Fsp3) is 0.111. The van der Waals surface area contributed by atoms with Crippen LogP contribution >= 0.6 is 27.3 Å². The first kappa shape index (κ1) is 8.20. The summed E-state index contributed by atoms with van der Waals surface area (Å²) in [6.07, 6.45) is 0. The molecule has 0 aliphatic carbocycles. The summed E-state index contributed by atoms with van der Waals surface area (Å²) in [7, 11) is 0. The van der Waals surface area contributed by atoms with Crippen molar-refractivity contribution in [3.8, 4) is 0 Å². The summed E-state index contributed by atoms with van der Waals surface area (Å²) in [6, 6.07) is 7.87. The highest BCUT2D eigenvalue weighted by Crippen LogP contribution is 2.28. The lowest BCUT2D eigenvalue weighted by atomic mass is 10.2. The Morgan fingerprint density at radius 1 is 1.33 bits per heavy atom. The van der Waals surface area contributed by atoms with E-state index in [4.69, 9.17) is 0 Å². The zero-order valence-electron chi connectivity index (χ0n) is 6.18. The molecule has 3 heteroatoms. The third kappa shape index (κ3) is 1.39. The Morgan fingerprint density at radius 2 is 2.17 bits per heavy atom. The van der Waals surface area contributed by atoms with E-state index in [1.165, 1.54) is 11.3 Å². The minimum atomic E-state index is -0.364. The molecule has 0 radical (unpaired) electrons. The lowest BCUT2D eigenvalue weighted by Crippen LogP contribution is -1.63. The molecule has 0 unspecified atom stereocenters. The number of fused-ring (bicyclic) bond motifs is 1. The fourth-order valence-corrected chi connectivity index (χ4v) is 2.41. The third-order valence-electron chi connectivity index (χ3n) is 1.66. The molecule has 0 aliphatic rings. The first-order valence-electron chi connectivity index (χ1n) is 3.53. The van der Waals surface area contributed by atoms with Crippen molar-refractivity contribution in [3.63, 3.8) is 0 Å². The highest BCUT2D eigenvalue weighted by molar-refractivity contribution is 9.10. The number of hydrogen-bond donors (Lipinski definition) is 0. The molecule has 0 aliphatic heterocycles. The van der Waals surface area contributed by atoms with Crippen LogP contribution in [-0.2, 0) is 6.67 Å². The molecule has 0 fully saturated rings. The maximum absolute atomic E-state index is 12.3. The van der Waals surface area contributed by atoms with E-state index >= 15 is 0 Å². The minimum Gasteiger partial charge on any atom is -0.245 e. The van der Waals surface area contributed by atoms with Crippen LogP contribution in [0.5, 0.6) is 0 Å². The molecule has 0 spiro atoms. The third-order valence-corrected chi connectivity index (χ3v) is 3.24. The Kier molecular flexibility index (Phi) is 2.15. The van der Waals surface area contributed by atoms with Gasteiger partial charge in [-0.3, -0.25) is 0 Å². The van der Waals surface area contributed by atoms with E-state index < -0.39 is 0 Å². The molecule has 1 aromatic carbocycles. The van der Waals surface area contributed by atoms with Crippen molar-refractivity contribution in [2.75, 3.05) is 0 Å². The highest BCUT2D eigenvalue weighted by Gasteiger charge is 2.00. The second-order valence-corrected chi connectivity index (χ2v) is 4.61. The van der Waals surface area contributed by atoms with E-state index in [0.29, 0.717) is 0 Å². The zero-order chi connectivity index (χ0) is 8.55. The Morgan fingerprint density at radius 3 is 2.92 bits per heavy atom. The van der Waals surface area contributed by atoms with Gasteiger partial charge in [0.15, 0.2) is 0 Å². The van der Waals surface area contributed by atoms with Crippen molar-refractivity contribution in [1.82, 2.24) is 0 Å². The van der Waals surface area contributed by atoms with E-state index in [1.807, 2.05) is 24.3 Å². The van der Waals surface area contributed by atoms with Gasteiger partial charge in [0.05, 0.1) is 0 Å². The van der Waals surface area contributed by atoms with E-state index in [1.54, 1.807) is 0 Å². The molecule has 2 rings (SSSR count). The van der Waals surface area contributed by atoms with Gasteiger partial charge in [-0.15, -0.1) is 11.3 Å². The first-order valence-corrected chi connectivity index (χ1v) is 5.14. The molecule has 0 saturated heterocycles. The zero-order valence-corrected chi connectivity index (χ0v) is 8.58. The van der Waals surface area contributed by atoms with Crippen LogP contribution in [0.2, 0.25) is 0 Å². The molecule has 1 aromatic heterocycles. The summed E-state index contributed by atoms with van der Waals surface area (Å²) in [5, 5.41) is 1.11. The van der Waals surface area contributed by atoms with Gasteiger partial charge in [-0.2, -0.15) is 0 Å². The maximum Gasteiger partial charge on any atom is 0.124 e. The van der Waals surface area contributed by atoms with Crippen molar-refractivity contribution >= 4 is 37.4 Å². The van der Waals surface area contributed by atoms with Gasteiger partial charge in [0.1, 0.15) is 6.67 Å². The van der Waals surface area contributed by atoms with Gasteiger partial charge in [-0.25, -0.2) is 4.39 Å². The number of alkyl halides is 1. The standard InChI is InChI=1S/C9H6BrFS/c10-7-1-2-9-6(3-7)4-8(5-11)12-9/h1-4H,5H2. The molecule has 0 amide bonds. The summed E-state index contributed by atoms with van der Waals surface area (Å²) in [6.45, 7) is -0.364. The van der Waals surface area contributed by atoms with Gasteiger partial charge < -0.3 is 0 Å². The Balaban J connectivity index is 2.67. The maximum atomic E-state index is 12.3. The van der Waals surface area contributed by atoms with Crippen molar-refractivity contribution < 1.29 is 4.39 Å². The van der Waals surface area contributed by atoms with Crippen LogP contribution < -0.4 is 0 Å². The van der Waals surface area contributed by atoms with E-state index in [9.17, 15) is 4.39 Å². The fourth-order valence-electron chi connectivity index (χ4n) is 1.14. The predicted molar refractivity (Wildman–Crippen MR) is 54.3 cm³/mol. The summed E-state index contributed by atoms with van der Waals surface area (Å²) in [4.78, 5) is 0.795. The van der Waals surface area contributed by atoms with Gasteiger partial charge >= 0.3 is 0 Å². The molecular weight excluding hydrogens is 239 g/mol. The van der Waals surface area contributed by atoms with Crippen LogP contribution in [0.1, 0.15) is 4.88 Å². The SMILES string of the molecule is FCc1cc2cc(Br)ccc2s1.